The van der Waals surface area contributed by atoms with Gasteiger partial charge in [-0.05, 0) is 55.3 Å². The molecule has 2 aromatic rings. The van der Waals surface area contributed by atoms with Gasteiger partial charge < -0.3 is 17.6 Å². The zero-order valence-corrected chi connectivity index (χ0v) is 15.8. The van der Waals surface area contributed by atoms with Crippen LogP contribution in [0.5, 0.6) is 0 Å². The lowest BCUT2D eigenvalue weighted by Crippen LogP contribution is -2.48. The molecule has 1 aromatic heterocycles. The van der Waals surface area contributed by atoms with Crippen molar-refractivity contribution in [3.63, 3.8) is 0 Å². The summed E-state index contributed by atoms with van der Waals surface area (Å²) >= 11 is 11.7. The summed E-state index contributed by atoms with van der Waals surface area (Å²) in [6.07, 6.45) is 8.56. The van der Waals surface area contributed by atoms with Gasteiger partial charge in [-0.2, -0.15) is 4.57 Å². The maximum Gasteiger partial charge on any atom is 0.237 e. The second-order valence-corrected chi connectivity index (χ2v) is 7.03. The number of fused-ring (bicyclic) bond motifs is 1. The molecule has 0 aliphatic heterocycles. The lowest BCUT2D eigenvalue weighted by atomic mass is 9.93. The van der Waals surface area contributed by atoms with Crippen LogP contribution >= 0.6 is 11.6 Å². The van der Waals surface area contributed by atoms with Crippen molar-refractivity contribution in [3.05, 3.63) is 64.4 Å². The molecule has 0 saturated heterocycles. The van der Waals surface area contributed by atoms with Gasteiger partial charge in [-0.15, -0.1) is 0 Å². The molecule has 5 heteroatoms. The van der Waals surface area contributed by atoms with Crippen molar-refractivity contribution in [2.24, 2.45) is 4.99 Å². The molecule has 3 nitrogen and oxygen atoms in total. The Bertz CT molecular complexity index is 819. The fourth-order valence-electron chi connectivity index (χ4n) is 3.28. The Labute approximate surface area is 159 Å². The summed E-state index contributed by atoms with van der Waals surface area (Å²) in [7, 11) is 0. The zero-order chi connectivity index (χ0) is 17.8. The molecular formula is C20H21ClN2OS. The number of rotatable bonds is 5. The normalized spacial score (nSPS) is 15.5. The van der Waals surface area contributed by atoms with Gasteiger partial charge in [0.2, 0.25) is 11.8 Å². The van der Waals surface area contributed by atoms with E-state index in [1.54, 1.807) is 12.1 Å². The first-order valence-corrected chi connectivity index (χ1v) is 9.43. The summed E-state index contributed by atoms with van der Waals surface area (Å²) < 4.78 is 1.90. The van der Waals surface area contributed by atoms with Crippen LogP contribution in [0.2, 0.25) is 5.02 Å². The number of nitrogens with zero attached hydrogens (tertiary/aromatic N) is 2. The average molecular weight is 373 g/mol. The number of hydrogen-bond acceptors (Lipinski definition) is 3. The van der Waals surface area contributed by atoms with Gasteiger partial charge in [-0.25, -0.2) is 0 Å². The second kappa shape index (κ2) is 8.07. The molecule has 25 heavy (non-hydrogen) atoms. The summed E-state index contributed by atoms with van der Waals surface area (Å²) in [5.41, 5.74) is 3.14. The fraction of sp³-hybridized carbons (Fsp3) is 0.350. The van der Waals surface area contributed by atoms with Crippen molar-refractivity contribution in [1.29, 1.82) is 0 Å². The Balaban J connectivity index is 2.05. The van der Waals surface area contributed by atoms with Crippen LogP contribution in [0.3, 0.4) is 0 Å². The third-order valence-electron chi connectivity index (χ3n) is 4.54. The summed E-state index contributed by atoms with van der Waals surface area (Å²) in [4.78, 5) is 17.5. The van der Waals surface area contributed by atoms with Crippen LogP contribution < -0.4 is 4.57 Å². The maximum atomic E-state index is 13.2. The quantitative estimate of drug-likeness (QED) is 0.262. The number of Topliss-reactive ketones (excluding diaryl/α,β-unsaturated/α-hetero) is 1. The van der Waals surface area contributed by atoms with E-state index in [0.29, 0.717) is 22.2 Å². The van der Waals surface area contributed by atoms with Gasteiger partial charge >= 0.3 is 0 Å². The number of halogens is 1. The Hall–Kier alpha value is -1.78. The van der Waals surface area contributed by atoms with E-state index in [2.05, 4.69) is 17.3 Å². The number of carbonyl (C=O) groups is 1. The average Bonchev–Trinajstić information content (AvgIpc) is 2.62. The van der Waals surface area contributed by atoms with Gasteiger partial charge in [0.1, 0.15) is 0 Å². The van der Waals surface area contributed by atoms with Gasteiger partial charge in [0.05, 0.1) is 5.02 Å². The Morgan fingerprint density at radius 3 is 2.68 bits per heavy atom. The molecule has 1 aliphatic rings. The molecule has 1 atom stereocenters. The van der Waals surface area contributed by atoms with Gasteiger partial charge in [0.25, 0.3) is 0 Å². The van der Waals surface area contributed by atoms with E-state index in [4.69, 9.17) is 24.2 Å². The molecule has 130 valence electrons. The second-order valence-electron chi connectivity index (χ2n) is 6.21. The number of aryl methyl sites for hydroxylation is 2. The molecule has 0 radical (unpaired) electrons. The van der Waals surface area contributed by atoms with Crippen LogP contribution in [0, 0.1) is 0 Å². The molecule has 1 heterocycles. The molecule has 0 amide bonds. The SMILES string of the molecule is CCN=C([S-])C(C(=O)c1ccccc1Cl)[n+]1ccc2c(c1)CCCC2. The number of benzene rings is 1. The summed E-state index contributed by atoms with van der Waals surface area (Å²) in [5, 5.41) is 0.837. The summed E-state index contributed by atoms with van der Waals surface area (Å²) in [5.74, 6) is -0.117. The van der Waals surface area contributed by atoms with Crippen molar-refractivity contribution in [1.82, 2.24) is 0 Å². The predicted octanol–water partition coefficient (Wildman–Crippen LogP) is 3.90. The van der Waals surface area contributed by atoms with E-state index in [1.807, 2.05) is 29.8 Å². The highest BCUT2D eigenvalue weighted by atomic mass is 35.5. The van der Waals surface area contributed by atoms with Crippen LogP contribution in [0.15, 0.2) is 47.7 Å². The van der Waals surface area contributed by atoms with Crippen molar-refractivity contribution in [3.8, 4) is 0 Å². The van der Waals surface area contributed by atoms with Crippen LogP contribution in [0.25, 0.3) is 0 Å². The van der Waals surface area contributed by atoms with Crippen molar-refractivity contribution in [2.45, 2.75) is 38.6 Å². The number of ketones is 1. The number of aliphatic imine (C=N–C) groups is 1. The lowest BCUT2D eigenvalue weighted by Gasteiger charge is -2.21. The highest BCUT2D eigenvalue weighted by Crippen LogP contribution is 2.22. The Morgan fingerprint density at radius 2 is 1.96 bits per heavy atom. The minimum Gasteiger partial charge on any atom is -0.758 e. The van der Waals surface area contributed by atoms with E-state index < -0.39 is 6.04 Å². The molecule has 0 saturated carbocycles. The molecule has 3 rings (SSSR count). The summed E-state index contributed by atoms with van der Waals surface area (Å²) in [6, 6.07) is 8.56. The highest BCUT2D eigenvalue weighted by Gasteiger charge is 2.30. The first-order valence-electron chi connectivity index (χ1n) is 8.64. The highest BCUT2D eigenvalue weighted by molar-refractivity contribution is 7.77. The molecule has 0 bridgehead atoms. The van der Waals surface area contributed by atoms with Crippen LogP contribution in [-0.2, 0) is 25.5 Å². The van der Waals surface area contributed by atoms with Gasteiger partial charge in [-0.1, -0.05) is 23.7 Å². The van der Waals surface area contributed by atoms with Crippen LogP contribution in [-0.4, -0.2) is 17.4 Å². The zero-order valence-electron chi connectivity index (χ0n) is 14.2. The van der Waals surface area contributed by atoms with Gasteiger partial charge in [0.15, 0.2) is 12.4 Å². The molecule has 1 aliphatic carbocycles. The predicted molar refractivity (Wildman–Crippen MR) is 103 cm³/mol. The number of aromatic nitrogens is 1. The first-order chi connectivity index (χ1) is 12.1. The van der Waals surface area contributed by atoms with Crippen molar-refractivity contribution < 1.29 is 9.36 Å². The number of carbonyl (C=O) groups excluding carboxylic acids is 1. The molecule has 0 spiro atoms. The Morgan fingerprint density at radius 1 is 1.24 bits per heavy atom. The molecule has 0 fully saturated rings. The third-order valence-corrected chi connectivity index (χ3v) is 5.22. The monoisotopic (exact) mass is 372 g/mol. The standard InChI is InChI=1S/C20H21ClN2OS/c1-2-22-20(25)18(19(24)16-9-5-6-10-17(16)21)23-12-11-14-7-3-4-8-15(14)13-23/h5-6,9-13,18H,2-4,7-8H2,1H3. The summed E-state index contributed by atoms with van der Waals surface area (Å²) in [6.45, 7) is 2.47. The topological polar surface area (TPSA) is 33.3 Å². The fourth-order valence-corrected chi connectivity index (χ4v) is 3.86. The minimum absolute atomic E-state index is 0.117. The number of hydrogen-bond donors (Lipinski definition) is 0. The third kappa shape index (κ3) is 3.91. The smallest absolute Gasteiger partial charge is 0.237 e. The van der Waals surface area contributed by atoms with Gasteiger partial charge in [0, 0.05) is 23.7 Å². The molecule has 1 aromatic carbocycles. The van der Waals surface area contributed by atoms with E-state index in [0.717, 1.165) is 12.8 Å². The Kier molecular flexibility index (Phi) is 5.82. The first kappa shape index (κ1) is 18.0. The number of pyridine rings is 1. The van der Waals surface area contributed by atoms with Crippen LogP contribution in [0.1, 0.15) is 47.3 Å². The van der Waals surface area contributed by atoms with Crippen molar-refractivity contribution >= 4 is 35.1 Å². The van der Waals surface area contributed by atoms with E-state index >= 15 is 0 Å². The largest absolute Gasteiger partial charge is 0.758 e. The minimum atomic E-state index is -0.637. The van der Waals surface area contributed by atoms with Gasteiger partial charge in [-0.3, -0.25) is 4.79 Å². The molecule has 0 N–H and O–H groups in total. The van der Waals surface area contributed by atoms with Crippen LogP contribution in [0.4, 0.5) is 0 Å². The lowest BCUT2D eigenvalue weighted by molar-refractivity contribution is -0.692. The van der Waals surface area contributed by atoms with E-state index in [1.165, 1.54) is 24.0 Å². The van der Waals surface area contributed by atoms with Crippen molar-refractivity contribution in [2.75, 3.05) is 6.54 Å². The van der Waals surface area contributed by atoms with E-state index in [-0.39, 0.29) is 5.78 Å². The van der Waals surface area contributed by atoms with E-state index in [9.17, 15) is 4.79 Å². The maximum absolute atomic E-state index is 13.2. The molecular weight excluding hydrogens is 352 g/mol. The molecule has 1 unspecified atom stereocenters.